The molecule has 2 atom stereocenters. The molecule has 1 amide bonds. The SMILES string of the molecule is NCC1=C(C(=O)O)N2C(=O)[C@H](CO)[C@H]2S1. The maximum Gasteiger partial charge on any atom is 0.353 e. The number of carboxylic acid groups (broad SMARTS) is 1. The van der Waals surface area contributed by atoms with E-state index in [4.69, 9.17) is 15.9 Å². The van der Waals surface area contributed by atoms with Crippen LogP contribution in [0, 0.1) is 5.92 Å². The molecular weight excluding hydrogens is 220 g/mol. The topological polar surface area (TPSA) is 104 Å². The second-order valence-corrected chi connectivity index (χ2v) is 4.50. The Kier molecular flexibility index (Phi) is 2.45. The highest BCUT2D eigenvalue weighted by atomic mass is 32.2. The number of nitrogens with two attached hydrogens (primary N) is 1. The summed E-state index contributed by atoms with van der Waals surface area (Å²) in [6.07, 6.45) is 0. The van der Waals surface area contributed by atoms with Crippen molar-refractivity contribution >= 4 is 23.6 Å². The van der Waals surface area contributed by atoms with E-state index >= 15 is 0 Å². The molecule has 0 aromatic rings. The third kappa shape index (κ3) is 1.27. The molecule has 2 aliphatic heterocycles. The van der Waals surface area contributed by atoms with Gasteiger partial charge in [0.15, 0.2) is 0 Å². The van der Waals surface area contributed by atoms with Crippen molar-refractivity contribution in [2.75, 3.05) is 13.2 Å². The summed E-state index contributed by atoms with van der Waals surface area (Å²) in [5, 5.41) is 17.6. The van der Waals surface area contributed by atoms with Gasteiger partial charge < -0.3 is 15.9 Å². The number of hydrogen-bond donors (Lipinski definition) is 3. The van der Waals surface area contributed by atoms with Crippen LogP contribution in [-0.4, -0.2) is 45.5 Å². The highest BCUT2D eigenvalue weighted by Gasteiger charge is 2.55. The fourth-order valence-electron chi connectivity index (χ4n) is 1.77. The number of aliphatic hydroxyl groups excluding tert-OH is 1. The second-order valence-electron chi connectivity index (χ2n) is 3.29. The minimum absolute atomic E-state index is 0.0257. The number of nitrogens with zero attached hydrogens (tertiary/aromatic N) is 1. The minimum Gasteiger partial charge on any atom is -0.477 e. The van der Waals surface area contributed by atoms with Gasteiger partial charge in [-0.1, -0.05) is 0 Å². The number of hydrogen-bond acceptors (Lipinski definition) is 5. The Labute approximate surface area is 89.7 Å². The van der Waals surface area contributed by atoms with Gasteiger partial charge >= 0.3 is 5.97 Å². The molecule has 2 heterocycles. The lowest BCUT2D eigenvalue weighted by Gasteiger charge is -2.41. The van der Waals surface area contributed by atoms with E-state index < -0.39 is 11.9 Å². The molecule has 82 valence electrons. The maximum absolute atomic E-state index is 11.5. The largest absolute Gasteiger partial charge is 0.477 e. The molecule has 15 heavy (non-hydrogen) atoms. The van der Waals surface area contributed by atoms with Crippen LogP contribution in [0.25, 0.3) is 0 Å². The third-order valence-corrected chi connectivity index (χ3v) is 3.93. The summed E-state index contributed by atoms with van der Waals surface area (Å²) < 4.78 is 0. The van der Waals surface area contributed by atoms with Gasteiger partial charge in [0.25, 0.3) is 0 Å². The maximum atomic E-state index is 11.5. The molecule has 6 nitrogen and oxygen atoms in total. The van der Waals surface area contributed by atoms with Crippen LogP contribution in [0.2, 0.25) is 0 Å². The Balaban J connectivity index is 2.29. The molecular formula is C8H10N2O4S. The predicted octanol–water partition coefficient (Wildman–Crippen LogP) is -1.24. The zero-order chi connectivity index (χ0) is 11.2. The van der Waals surface area contributed by atoms with Gasteiger partial charge in [0.05, 0.1) is 12.5 Å². The number of aliphatic hydroxyl groups is 1. The molecule has 0 aliphatic carbocycles. The average Bonchev–Trinajstić information content (AvgIpc) is 2.53. The predicted molar refractivity (Wildman–Crippen MR) is 52.5 cm³/mol. The van der Waals surface area contributed by atoms with Gasteiger partial charge in [0, 0.05) is 11.4 Å². The van der Waals surface area contributed by atoms with E-state index in [1.165, 1.54) is 16.7 Å². The van der Waals surface area contributed by atoms with Crippen LogP contribution in [-0.2, 0) is 9.59 Å². The Morgan fingerprint density at radius 3 is 2.73 bits per heavy atom. The van der Waals surface area contributed by atoms with Crippen molar-refractivity contribution in [1.29, 1.82) is 0 Å². The van der Waals surface area contributed by atoms with Crippen molar-refractivity contribution in [3.8, 4) is 0 Å². The summed E-state index contributed by atoms with van der Waals surface area (Å²) in [6.45, 7) is -0.150. The molecule has 2 rings (SSSR count). The summed E-state index contributed by atoms with van der Waals surface area (Å²) in [5.41, 5.74) is 5.38. The summed E-state index contributed by atoms with van der Waals surface area (Å²) in [7, 11) is 0. The Morgan fingerprint density at radius 1 is 1.60 bits per heavy atom. The van der Waals surface area contributed by atoms with Crippen LogP contribution < -0.4 is 5.73 Å². The zero-order valence-corrected chi connectivity index (χ0v) is 8.53. The van der Waals surface area contributed by atoms with Gasteiger partial charge in [-0.25, -0.2) is 4.79 Å². The van der Waals surface area contributed by atoms with Crippen molar-refractivity contribution < 1.29 is 19.8 Å². The van der Waals surface area contributed by atoms with Gasteiger partial charge in [0.1, 0.15) is 11.1 Å². The minimum atomic E-state index is -1.14. The zero-order valence-electron chi connectivity index (χ0n) is 7.71. The summed E-state index contributed by atoms with van der Waals surface area (Å²) in [6, 6.07) is 0. The molecule has 0 aromatic carbocycles. The fourth-order valence-corrected chi connectivity index (χ4v) is 3.13. The standard InChI is InChI=1S/C8H10N2O4S/c9-1-4-5(8(13)14)10-6(12)3(2-11)7(10)15-4/h3,7,11H,1-2,9H2,(H,13,14)/t3-,7+/m0/s1. The van der Waals surface area contributed by atoms with Crippen LogP contribution in [0.1, 0.15) is 0 Å². The first kappa shape index (κ1) is 10.5. The highest BCUT2D eigenvalue weighted by Crippen LogP contribution is 2.48. The van der Waals surface area contributed by atoms with Crippen LogP contribution in [0.5, 0.6) is 0 Å². The molecule has 0 bridgehead atoms. The second kappa shape index (κ2) is 3.51. The lowest BCUT2D eigenvalue weighted by atomic mass is 9.98. The summed E-state index contributed by atoms with van der Waals surface area (Å²) in [4.78, 5) is 24.1. The molecule has 0 aromatic heterocycles. The van der Waals surface area contributed by atoms with Crippen LogP contribution in [0.4, 0.5) is 0 Å². The van der Waals surface area contributed by atoms with Crippen LogP contribution in [0.15, 0.2) is 10.6 Å². The normalized spacial score (nSPS) is 29.2. The first-order valence-electron chi connectivity index (χ1n) is 4.39. The molecule has 0 saturated carbocycles. The molecule has 4 N–H and O–H groups in total. The van der Waals surface area contributed by atoms with Gasteiger partial charge in [0.2, 0.25) is 5.91 Å². The number of fused-ring (bicyclic) bond motifs is 1. The number of carboxylic acids is 1. The summed E-state index contributed by atoms with van der Waals surface area (Å²) >= 11 is 1.25. The molecule has 0 spiro atoms. The van der Waals surface area contributed by atoms with E-state index in [1.54, 1.807) is 0 Å². The Morgan fingerprint density at radius 2 is 2.27 bits per heavy atom. The first-order valence-corrected chi connectivity index (χ1v) is 5.27. The lowest BCUT2D eigenvalue weighted by Crippen LogP contribution is -2.58. The van der Waals surface area contributed by atoms with E-state index in [0.717, 1.165) is 0 Å². The number of carbonyl (C=O) groups excluding carboxylic acids is 1. The van der Waals surface area contributed by atoms with E-state index in [-0.39, 0.29) is 30.1 Å². The van der Waals surface area contributed by atoms with Gasteiger partial charge in [-0.2, -0.15) is 0 Å². The van der Waals surface area contributed by atoms with Crippen molar-refractivity contribution in [1.82, 2.24) is 4.90 Å². The van der Waals surface area contributed by atoms with Crippen molar-refractivity contribution in [2.45, 2.75) is 5.37 Å². The Bertz CT molecular complexity index is 368. The number of rotatable bonds is 3. The quantitative estimate of drug-likeness (QED) is 0.524. The van der Waals surface area contributed by atoms with E-state index in [9.17, 15) is 9.59 Å². The molecule has 7 heteroatoms. The molecule has 1 saturated heterocycles. The smallest absolute Gasteiger partial charge is 0.353 e. The van der Waals surface area contributed by atoms with E-state index in [1.807, 2.05) is 0 Å². The monoisotopic (exact) mass is 230 g/mol. The van der Waals surface area contributed by atoms with Crippen molar-refractivity contribution in [3.05, 3.63) is 10.6 Å². The molecule has 0 radical (unpaired) electrons. The summed E-state index contributed by atoms with van der Waals surface area (Å²) in [5.74, 6) is -1.97. The van der Waals surface area contributed by atoms with Crippen LogP contribution in [0.3, 0.4) is 0 Å². The molecule has 0 unspecified atom stereocenters. The third-order valence-electron chi connectivity index (χ3n) is 2.51. The number of aliphatic carboxylic acids is 1. The average molecular weight is 230 g/mol. The highest BCUT2D eigenvalue weighted by molar-refractivity contribution is 8.04. The number of amides is 1. The number of thioether (sulfide) groups is 1. The van der Waals surface area contributed by atoms with E-state index in [2.05, 4.69) is 0 Å². The van der Waals surface area contributed by atoms with Crippen LogP contribution >= 0.6 is 11.8 Å². The number of β-lactam (4-membered cyclic amide) rings is 1. The molecule has 2 aliphatic rings. The fraction of sp³-hybridized carbons (Fsp3) is 0.500. The number of carbonyl (C=O) groups is 2. The Hall–Kier alpha value is -1.05. The van der Waals surface area contributed by atoms with Crippen molar-refractivity contribution in [3.63, 3.8) is 0 Å². The first-order chi connectivity index (χ1) is 7.11. The van der Waals surface area contributed by atoms with Gasteiger partial charge in [-0.05, 0) is 0 Å². The van der Waals surface area contributed by atoms with Gasteiger partial charge in [-0.15, -0.1) is 11.8 Å². The lowest BCUT2D eigenvalue weighted by molar-refractivity contribution is -0.153. The van der Waals surface area contributed by atoms with Gasteiger partial charge in [-0.3, -0.25) is 9.69 Å². The van der Waals surface area contributed by atoms with E-state index in [0.29, 0.717) is 4.91 Å². The van der Waals surface area contributed by atoms with Crippen molar-refractivity contribution in [2.24, 2.45) is 11.7 Å². The molecule has 1 fully saturated rings.